The molecule has 0 spiro atoms. The average molecular weight is 423 g/mol. The third kappa shape index (κ3) is 4.39. The molecule has 2 amide bonds. The summed E-state index contributed by atoms with van der Waals surface area (Å²) >= 11 is 6.14. The van der Waals surface area contributed by atoms with Gasteiger partial charge in [-0.05, 0) is 30.5 Å². The zero-order valence-electron chi connectivity index (χ0n) is 16.8. The van der Waals surface area contributed by atoms with Crippen molar-refractivity contribution < 1.29 is 9.59 Å². The molecule has 1 N–H and O–H groups in total. The fraction of sp³-hybridized carbons (Fsp3) is 0.261. The number of aryl methyl sites for hydroxylation is 2. The SMILES string of the molecule is Cc1ccc(CN2CCCn3nc(C(=O)NCc4ccccc4Cl)cc3C2=O)cc1. The molecule has 3 aromatic rings. The largest absolute Gasteiger partial charge is 0.347 e. The molecule has 0 fully saturated rings. The minimum absolute atomic E-state index is 0.106. The Morgan fingerprint density at radius 1 is 1.13 bits per heavy atom. The second kappa shape index (κ2) is 8.71. The molecule has 0 bridgehead atoms. The summed E-state index contributed by atoms with van der Waals surface area (Å²) in [4.78, 5) is 27.5. The number of halogens is 1. The number of fused-ring (bicyclic) bond motifs is 1. The molecule has 0 atom stereocenters. The molecule has 0 aliphatic carbocycles. The van der Waals surface area contributed by atoms with E-state index in [1.54, 1.807) is 16.8 Å². The van der Waals surface area contributed by atoms with Gasteiger partial charge in [-0.25, -0.2) is 0 Å². The van der Waals surface area contributed by atoms with Crippen LogP contribution in [0.3, 0.4) is 0 Å². The molecule has 0 saturated heterocycles. The van der Waals surface area contributed by atoms with Crippen molar-refractivity contribution in [2.24, 2.45) is 0 Å². The standard InChI is InChI=1S/C23H23ClN4O2/c1-16-7-9-17(10-8-16)15-27-11-4-12-28-21(23(27)30)13-20(26-28)22(29)25-14-18-5-2-3-6-19(18)24/h2-3,5-10,13H,4,11-12,14-15H2,1H3,(H,25,29). The predicted molar refractivity (Wildman–Crippen MR) is 115 cm³/mol. The van der Waals surface area contributed by atoms with E-state index in [4.69, 9.17) is 11.6 Å². The molecule has 4 rings (SSSR count). The maximum absolute atomic E-state index is 13.1. The third-order valence-electron chi connectivity index (χ3n) is 5.21. The van der Waals surface area contributed by atoms with Gasteiger partial charge < -0.3 is 10.2 Å². The van der Waals surface area contributed by atoms with Crippen LogP contribution in [0.5, 0.6) is 0 Å². The Bertz CT molecular complexity index is 1080. The second-order valence-electron chi connectivity index (χ2n) is 7.48. The number of amides is 2. The van der Waals surface area contributed by atoms with Gasteiger partial charge in [-0.3, -0.25) is 14.3 Å². The van der Waals surface area contributed by atoms with Crippen LogP contribution >= 0.6 is 11.6 Å². The van der Waals surface area contributed by atoms with Crippen molar-refractivity contribution in [1.82, 2.24) is 20.0 Å². The molecule has 30 heavy (non-hydrogen) atoms. The lowest BCUT2D eigenvalue weighted by Gasteiger charge is -2.20. The molecule has 0 radical (unpaired) electrons. The second-order valence-corrected chi connectivity index (χ2v) is 7.89. The highest BCUT2D eigenvalue weighted by atomic mass is 35.5. The Kier molecular flexibility index (Phi) is 5.86. The molecule has 7 heteroatoms. The van der Waals surface area contributed by atoms with Crippen molar-refractivity contribution >= 4 is 23.4 Å². The lowest BCUT2D eigenvalue weighted by molar-refractivity contribution is 0.0745. The molecule has 6 nitrogen and oxygen atoms in total. The highest BCUT2D eigenvalue weighted by Crippen LogP contribution is 2.18. The molecule has 0 saturated carbocycles. The van der Waals surface area contributed by atoms with E-state index < -0.39 is 0 Å². The highest BCUT2D eigenvalue weighted by Gasteiger charge is 2.26. The van der Waals surface area contributed by atoms with E-state index in [-0.39, 0.29) is 17.5 Å². The molecular formula is C23H23ClN4O2. The number of nitrogens with one attached hydrogen (secondary N) is 1. The molecule has 2 heterocycles. The highest BCUT2D eigenvalue weighted by molar-refractivity contribution is 6.31. The average Bonchev–Trinajstić information content (AvgIpc) is 3.12. The number of carbonyl (C=O) groups is 2. The molecule has 154 valence electrons. The van der Waals surface area contributed by atoms with Gasteiger partial charge in [0.15, 0.2) is 5.69 Å². The summed E-state index contributed by atoms with van der Waals surface area (Å²) < 4.78 is 1.64. The van der Waals surface area contributed by atoms with Gasteiger partial charge in [-0.2, -0.15) is 5.10 Å². The number of hydrogen-bond acceptors (Lipinski definition) is 3. The van der Waals surface area contributed by atoms with Crippen LogP contribution in [0.4, 0.5) is 0 Å². The fourth-order valence-corrected chi connectivity index (χ4v) is 3.72. The van der Waals surface area contributed by atoms with Crippen LogP contribution in [-0.4, -0.2) is 33.0 Å². The Balaban J connectivity index is 1.47. The summed E-state index contributed by atoms with van der Waals surface area (Å²) in [5, 5.41) is 7.80. The Morgan fingerprint density at radius 2 is 1.90 bits per heavy atom. The maximum Gasteiger partial charge on any atom is 0.272 e. The number of benzene rings is 2. The minimum Gasteiger partial charge on any atom is -0.347 e. The molecule has 1 aromatic heterocycles. The van der Waals surface area contributed by atoms with Gasteiger partial charge in [0.2, 0.25) is 0 Å². The van der Waals surface area contributed by atoms with Crippen LogP contribution in [-0.2, 0) is 19.6 Å². The number of aromatic nitrogens is 2. The van der Waals surface area contributed by atoms with Gasteiger partial charge in [-0.1, -0.05) is 59.6 Å². The van der Waals surface area contributed by atoms with Crippen LogP contribution in [0.15, 0.2) is 54.6 Å². The Morgan fingerprint density at radius 3 is 2.67 bits per heavy atom. The van der Waals surface area contributed by atoms with Crippen molar-refractivity contribution in [3.8, 4) is 0 Å². The zero-order chi connectivity index (χ0) is 21.1. The zero-order valence-corrected chi connectivity index (χ0v) is 17.5. The predicted octanol–water partition coefficient (Wildman–Crippen LogP) is 3.82. The number of carbonyl (C=O) groups excluding carboxylic acids is 2. The third-order valence-corrected chi connectivity index (χ3v) is 5.58. The number of hydrogen-bond donors (Lipinski definition) is 1. The van der Waals surface area contributed by atoms with Gasteiger partial charge in [0, 0.05) is 37.3 Å². The molecule has 1 aliphatic heterocycles. The molecule has 1 aliphatic rings. The lowest BCUT2D eigenvalue weighted by Crippen LogP contribution is -2.30. The van der Waals surface area contributed by atoms with E-state index in [0.29, 0.717) is 36.9 Å². The smallest absolute Gasteiger partial charge is 0.272 e. The van der Waals surface area contributed by atoms with Crippen LogP contribution in [0.1, 0.15) is 44.1 Å². The Hall–Kier alpha value is -3.12. The normalized spacial score (nSPS) is 13.7. The molecule has 2 aromatic carbocycles. The van der Waals surface area contributed by atoms with Crippen molar-refractivity contribution in [2.45, 2.75) is 33.0 Å². The fourth-order valence-electron chi connectivity index (χ4n) is 3.52. The first kappa shape index (κ1) is 20.2. The van der Waals surface area contributed by atoms with Crippen LogP contribution in [0.25, 0.3) is 0 Å². The van der Waals surface area contributed by atoms with E-state index >= 15 is 0 Å². The topological polar surface area (TPSA) is 67.2 Å². The first-order valence-corrected chi connectivity index (χ1v) is 10.3. The summed E-state index contributed by atoms with van der Waals surface area (Å²) in [7, 11) is 0. The van der Waals surface area contributed by atoms with Crippen molar-refractivity contribution in [1.29, 1.82) is 0 Å². The quantitative estimate of drug-likeness (QED) is 0.679. The van der Waals surface area contributed by atoms with Gasteiger partial charge in [0.1, 0.15) is 5.69 Å². The molecule has 0 unspecified atom stereocenters. The van der Waals surface area contributed by atoms with Crippen LogP contribution < -0.4 is 5.32 Å². The van der Waals surface area contributed by atoms with Gasteiger partial charge >= 0.3 is 0 Å². The van der Waals surface area contributed by atoms with Gasteiger partial charge in [0.05, 0.1) is 0 Å². The first-order valence-electron chi connectivity index (χ1n) is 9.95. The summed E-state index contributed by atoms with van der Waals surface area (Å²) in [6.45, 7) is 4.14. The van der Waals surface area contributed by atoms with Crippen molar-refractivity contribution in [3.05, 3.63) is 87.7 Å². The Labute approximate surface area is 180 Å². The number of nitrogens with zero attached hydrogens (tertiary/aromatic N) is 3. The monoisotopic (exact) mass is 422 g/mol. The summed E-state index contributed by atoms with van der Waals surface area (Å²) in [5.74, 6) is -0.431. The van der Waals surface area contributed by atoms with Crippen LogP contribution in [0, 0.1) is 6.92 Å². The van der Waals surface area contributed by atoms with E-state index in [0.717, 1.165) is 17.5 Å². The van der Waals surface area contributed by atoms with Crippen molar-refractivity contribution in [3.63, 3.8) is 0 Å². The summed E-state index contributed by atoms with van der Waals surface area (Å²) in [5.41, 5.74) is 3.78. The van der Waals surface area contributed by atoms with Crippen molar-refractivity contribution in [2.75, 3.05) is 6.54 Å². The van der Waals surface area contributed by atoms with E-state index in [2.05, 4.69) is 10.4 Å². The lowest BCUT2D eigenvalue weighted by atomic mass is 10.1. The minimum atomic E-state index is -0.326. The van der Waals surface area contributed by atoms with E-state index in [1.165, 1.54) is 5.56 Å². The number of rotatable bonds is 5. The van der Waals surface area contributed by atoms with E-state index in [9.17, 15) is 9.59 Å². The summed E-state index contributed by atoms with van der Waals surface area (Å²) in [6, 6.07) is 17.1. The van der Waals surface area contributed by atoms with Gasteiger partial charge in [-0.15, -0.1) is 0 Å². The van der Waals surface area contributed by atoms with Crippen LogP contribution in [0.2, 0.25) is 5.02 Å². The first-order chi connectivity index (χ1) is 14.5. The van der Waals surface area contributed by atoms with E-state index in [1.807, 2.05) is 54.3 Å². The van der Waals surface area contributed by atoms with Gasteiger partial charge in [0.25, 0.3) is 11.8 Å². The maximum atomic E-state index is 13.1. The summed E-state index contributed by atoms with van der Waals surface area (Å²) in [6.07, 6.45) is 0.785. The molecular weight excluding hydrogens is 400 g/mol.